The van der Waals surface area contributed by atoms with E-state index in [0.717, 1.165) is 22.3 Å². The van der Waals surface area contributed by atoms with Crippen LogP contribution in [0.25, 0.3) is 11.1 Å². The zero-order chi connectivity index (χ0) is 24.9. The molecule has 0 aliphatic heterocycles. The number of carboxylic acids is 1. The fourth-order valence-electron chi connectivity index (χ4n) is 4.33. The third-order valence-corrected chi connectivity index (χ3v) is 6.39. The molecule has 0 radical (unpaired) electrons. The molecule has 180 valence electrons. The lowest BCUT2D eigenvalue weighted by molar-refractivity contribution is -0.139. The first-order chi connectivity index (χ1) is 16.9. The van der Waals surface area contributed by atoms with Crippen LogP contribution in [0.15, 0.2) is 71.2 Å². The SMILES string of the molecule is CCC[C@H](NC(=O)c1cc(Br)cc(NC(=O)OCC2c3ccccc3-c3ccccc32)c1)C(=O)O. The van der Waals surface area contributed by atoms with Crippen LogP contribution in [-0.2, 0) is 9.53 Å². The molecule has 3 aromatic rings. The standard InChI is InChI=1S/C27H25BrN2O5/c1-2-7-24(26(32)33)30-25(31)16-12-17(28)14-18(13-16)29-27(34)35-15-23-21-10-5-3-8-19(21)20-9-4-6-11-22(20)23/h3-6,8-14,23-24H,2,7,15H2,1H3,(H,29,34)(H,30,31)(H,32,33)/t24-/m0/s1. The van der Waals surface area contributed by atoms with Gasteiger partial charge in [-0.2, -0.15) is 0 Å². The van der Waals surface area contributed by atoms with E-state index < -0.39 is 24.0 Å². The maximum atomic E-state index is 12.6. The van der Waals surface area contributed by atoms with Crippen molar-refractivity contribution in [2.45, 2.75) is 31.7 Å². The number of carbonyl (C=O) groups is 3. The molecule has 35 heavy (non-hydrogen) atoms. The van der Waals surface area contributed by atoms with Crippen LogP contribution < -0.4 is 10.6 Å². The molecule has 0 saturated heterocycles. The molecule has 2 amide bonds. The minimum absolute atomic E-state index is 0.0662. The second kappa shape index (κ2) is 10.7. The van der Waals surface area contributed by atoms with E-state index in [1.165, 1.54) is 6.07 Å². The van der Waals surface area contributed by atoms with Crippen LogP contribution in [0, 0.1) is 0 Å². The molecule has 3 N–H and O–H groups in total. The maximum absolute atomic E-state index is 12.6. The highest BCUT2D eigenvalue weighted by atomic mass is 79.9. The minimum Gasteiger partial charge on any atom is -0.480 e. The summed E-state index contributed by atoms with van der Waals surface area (Å²) in [6, 6.07) is 19.9. The van der Waals surface area contributed by atoms with Crippen LogP contribution in [0.3, 0.4) is 0 Å². The van der Waals surface area contributed by atoms with Crippen molar-refractivity contribution in [1.29, 1.82) is 0 Å². The molecule has 3 aromatic carbocycles. The average molecular weight is 537 g/mol. The predicted octanol–water partition coefficient (Wildman–Crippen LogP) is 5.79. The number of hydrogen-bond donors (Lipinski definition) is 3. The van der Waals surface area contributed by atoms with E-state index in [-0.39, 0.29) is 18.1 Å². The Balaban J connectivity index is 1.43. The second-order valence-electron chi connectivity index (χ2n) is 8.33. The van der Waals surface area contributed by atoms with E-state index in [9.17, 15) is 19.5 Å². The van der Waals surface area contributed by atoms with Gasteiger partial charge in [-0.15, -0.1) is 0 Å². The Morgan fingerprint density at radius 1 is 1.00 bits per heavy atom. The quantitative estimate of drug-likeness (QED) is 0.337. The predicted molar refractivity (Wildman–Crippen MR) is 137 cm³/mol. The van der Waals surface area contributed by atoms with Gasteiger partial charge in [0.2, 0.25) is 0 Å². The summed E-state index contributed by atoms with van der Waals surface area (Å²) >= 11 is 3.34. The molecule has 8 heteroatoms. The normalized spacial score (nSPS) is 12.9. The van der Waals surface area contributed by atoms with Gasteiger partial charge in [-0.1, -0.05) is 77.8 Å². The van der Waals surface area contributed by atoms with Crippen molar-refractivity contribution in [3.63, 3.8) is 0 Å². The lowest BCUT2D eigenvalue weighted by Gasteiger charge is -2.16. The van der Waals surface area contributed by atoms with E-state index >= 15 is 0 Å². The summed E-state index contributed by atoms with van der Waals surface area (Å²) in [4.78, 5) is 36.6. The van der Waals surface area contributed by atoms with Gasteiger partial charge < -0.3 is 15.2 Å². The summed E-state index contributed by atoms with van der Waals surface area (Å²) in [5.41, 5.74) is 5.08. The Labute approximate surface area is 211 Å². The Bertz CT molecular complexity index is 1230. The first-order valence-electron chi connectivity index (χ1n) is 11.3. The van der Waals surface area contributed by atoms with Crippen LogP contribution in [0.2, 0.25) is 0 Å². The largest absolute Gasteiger partial charge is 0.480 e. The van der Waals surface area contributed by atoms with Crippen LogP contribution in [0.5, 0.6) is 0 Å². The monoisotopic (exact) mass is 536 g/mol. The van der Waals surface area contributed by atoms with Crippen LogP contribution in [0.4, 0.5) is 10.5 Å². The van der Waals surface area contributed by atoms with E-state index in [1.54, 1.807) is 12.1 Å². The zero-order valence-electron chi connectivity index (χ0n) is 19.1. The molecule has 7 nitrogen and oxygen atoms in total. The number of carboxylic acid groups (broad SMARTS) is 1. The number of ether oxygens (including phenoxy) is 1. The molecule has 1 aliphatic carbocycles. The first-order valence-corrected chi connectivity index (χ1v) is 12.1. The van der Waals surface area contributed by atoms with Crippen molar-refractivity contribution in [3.8, 4) is 11.1 Å². The fourth-order valence-corrected chi connectivity index (χ4v) is 4.83. The lowest BCUT2D eigenvalue weighted by Crippen LogP contribution is -2.40. The van der Waals surface area contributed by atoms with Gasteiger partial charge in [0.25, 0.3) is 5.91 Å². The smallest absolute Gasteiger partial charge is 0.411 e. The third-order valence-electron chi connectivity index (χ3n) is 5.93. The van der Waals surface area contributed by atoms with Gasteiger partial charge in [0.05, 0.1) is 0 Å². The van der Waals surface area contributed by atoms with Gasteiger partial charge in [-0.3, -0.25) is 10.1 Å². The molecule has 0 aromatic heterocycles. The number of amides is 2. The summed E-state index contributed by atoms with van der Waals surface area (Å²) in [5, 5.41) is 14.5. The Kier molecular flexibility index (Phi) is 7.51. The van der Waals surface area contributed by atoms with Gasteiger partial charge >= 0.3 is 12.1 Å². The number of anilines is 1. The van der Waals surface area contributed by atoms with E-state index in [4.69, 9.17) is 4.74 Å². The van der Waals surface area contributed by atoms with Gasteiger partial charge in [0, 0.05) is 21.6 Å². The van der Waals surface area contributed by atoms with Crippen molar-refractivity contribution >= 4 is 39.6 Å². The minimum atomic E-state index is -1.09. The number of nitrogens with one attached hydrogen (secondary N) is 2. The number of benzene rings is 3. The topological polar surface area (TPSA) is 105 Å². The highest BCUT2D eigenvalue weighted by Crippen LogP contribution is 2.44. The van der Waals surface area contributed by atoms with Gasteiger partial charge in [0.15, 0.2) is 0 Å². The van der Waals surface area contributed by atoms with Crippen molar-refractivity contribution in [1.82, 2.24) is 5.32 Å². The molecule has 4 rings (SSSR count). The van der Waals surface area contributed by atoms with Gasteiger partial charge in [-0.25, -0.2) is 9.59 Å². The molecule has 0 heterocycles. The molecule has 1 aliphatic rings. The summed E-state index contributed by atoms with van der Waals surface area (Å²) in [5.74, 6) is -1.70. The van der Waals surface area contributed by atoms with Gasteiger partial charge in [-0.05, 0) is 46.9 Å². The lowest BCUT2D eigenvalue weighted by atomic mass is 9.98. The van der Waals surface area contributed by atoms with E-state index in [2.05, 4.69) is 38.7 Å². The highest BCUT2D eigenvalue weighted by molar-refractivity contribution is 9.10. The molecule has 1 atom stereocenters. The molecule has 0 saturated carbocycles. The third kappa shape index (κ3) is 5.54. The Morgan fingerprint density at radius 2 is 1.63 bits per heavy atom. The van der Waals surface area contributed by atoms with Crippen molar-refractivity contribution in [2.75, 3.05) is 11.9 Å². The molecule has 0 unspecified atom stereocenters. The summed E-state index contributed by atoms with van der Waals surface area (Å²) in [6.45, 7) is 2.01. The van der Waals surface area contributed by atoms with E-state index in [1.807, 2.05) is 43.3 Å². The Morgan fingerprint density at radius 3 is 2.23 bits per heavy atom. The molecule has 0 fully saturated rings. The fraction of sp³-hybridized carbons (Fsp3) is 0.222. The van der Waals surface area contributed by atoms with Crippen molar-refractivity contribution < 1.29 is 24.2 Å². The van der Waals surface area contributed by atoms with Crippen LogP contribution >= 0.6 is 15.9 Å². The van der Waals surface area contributed by atoms with Crippen LogP contribution in [-0.4, -0.2) is 35.7 Å². The molecular weight excluding hydrogens is 512 g/mol. The van der Waals surface area contributed by atoms with Crippen LogP contribution in [0.1, 0.15) is 47.2 Å². The molecule has 0 spiro atoms. The summed E-state index contributed by atoms with van der Waals surface area (Å²) < 4.78 is 6.13. The Hall–Kier alpha value is -3.65. The van der Waals surface area contributed by atoms with Crippen molar-refractivity contribution in [2.24, 2.45) is 0 Å². The number of hydrogen-bond acceptors (Lipinski definition) is 4. The molecular formula is C27H25BrN2O5. The highest BCUT2D eigenvalue weighted by Gasteiger charge is 2.29. The number of aliphatic carboxylic acids is 1. The van der Waals surface area contributed by atoms with E-state index in [0.29, 0.717) is 23.0 Å². The number of carbonyl (C=O) groups excluding carboxylic acids is 2. The second-order valence-corrected chi connectivity index (χ2v) is 9.25. The first kappa shape index (κ1) is 24.5. The summed E-state index contributed by atoms with van der Waals surface area (Å²) in [7, 11) is 0. The molecule has 0 bridgehead atoms. The number of rotatable bonds is 8. The van der Waals surface area contributed by atoms with Gasteiger partial charge in [0.1, 0.15) is 12.6 Å². The average Bonchev–Trinajstić information content (AvgIpc) is 3.15. The summed E-state index contributed by atoms with van der Waals surface area (Å²) in [6.07, 6.45) is 0.287. The maximum Gasteiger partial charge on any atom is 0.411 e. The number of fused-ring (bicyclic) bond motifs is 3. The van der Waals surface area contributed by atoms with Crippen molar-refractivity contribution in [3.05, 3.63) is 87.9 Å². The number of halogens is 1. The zero-order valence-corrected chi connectivity index (χ0v) is 20.7.